The first-order valence-corrected chi connectivity index (χ1v) is 7.72. The van der Waals surface area contributed by atoms with Gasteiger partial charge in [0.15, 0.2) is 11.0 Å². The number of ether oxygens (including phenoxy) is 1. The van der Waals surface area contributed by atoms with Gasteiger partial charge in [-0.2, -0.15) is 0 Å². The highest BCUT2D eigenvalue weighted by Crippen LogP contribution is 2.34. The van der Waals surface area contributed by atoms with Crippen LogP contribution in [-0.2, 0) is 4.74 Å². The van der Waals surface area contributed by atoms with Crippen molar-refractivity contribution in [3.05, 3.63) is 28.8 Å². The second-order valence-electron chi connectivity index (χ2n) is 5.82. The van der Waals surface area contributed by atoms with E-state index in [1.54, 1.807) is 4.90 Å². The number of carbonyl (C=O) groups is 1. The number of hydrogen-bond donors (Lipinski definition) is 0. The van der Waals surface area contributed by atoms with Crippen molar-refractivity contribution < 1.29 is 13.9 Å². The minimum Gasteiger partial charge on any atom is -0.371 e. The lowest BCUT2D eigenvalue weighted by Gasteiger charge is -2.45. The van der Waals surface area contributed by atoms with Gasteiger partial charge in [-0.3, -0.25) is 4.79 Å². The maximum atomic E-state index is 13.5. The predicted molar refractivity (Wildman–Crippen MR) is 76.9 cm³/mol. The van der Waals surface area contributed by atoms with E-state index in [2.05, 4.69) is 4.98 Å². The van der Waals surface area contributed by atoms with E-state index in [1.165, 1.54) is 12.6 Å². The molecule has 0 N–H and O–H groups in total. The standard InChI is InChI=1S/C15H18ClFN2O2/c16-13-12(17)8-11(9-18-13)14(20)19-6-7-21-15(10-19)4-2-1-3-5-15/h8-9H,1-7,10H2. The molecule has 4 nitrogen and oxygen atoms in total. The van der Waals surface area contributed by atoms with Gasteiger partial charge in [0.05, 0.1) is 24.3 Å². The molecule has 1 saturated heterocycles. The van der Waals surface area contributed by atoms with Crippen LogP contribution in [0.25, 0.3) is 0 Å². The maximum Gasteiger partial charge on any atom is 0.255 e. The summed E-state index contributed by atoms with van der Waals surface area (Å²) in [6, 6.07) is 1.15. The van der Waals surface area contributed by atoms with Crippen molar-refractivity contribution >= 4 is 17.5 Å². The Morgan fingerprint density at radius 3 is 2.86 bits per heavy atom. The summed E-state index contributed by atoms with van der Waals surface area (Å²) in [6.07, 6.45) is 6.81. The third-order valence-electron chi connectivity index (χ3n) is 4.34. The fourth-order valence-electron chi connectivity index (χ4n) is 3.24. The van der Waals surface area contributed by atoms with Gasteiger partial charge in [0, 0.05) is 12.7 Å². The van der Waals surface area contributed by atoms with Crippen LogP contribution in [0, 0.1) is 5.82 Å². The smallest absolute Gasteiger partial charge is 0.255 e. The average molecular weight is 313 g/mol. The number of amides is 1. The Morgan fingerprint density at radius 2 is 2.14 bits per heavy atom. The Labute approximate surface area is 128 Å². The van der Waals surface area contributed by atoms with Gasteiger partial charge in [-0.1, -0.05) is 30.9 Å². The topological polar surface area (TPSA) is 42.4 Å². The van der Waals surface area contributed by atoms with Crippen molar-refractivity contribution in [1.29, 1.82) is 0 Å². The molecule has 1 aromatic rings. The van der Waals surface area contributed by atoms with E-state index in [0.717, 1.165) is 31.7 Å². The molecule has 1 aromatic heterocycles. The summed E-state index contributed by atoms with van der Waals surface area (Å²) >= 11 is 5.56. The highest BCUT2D eigenvalue weighted by atomic mass is 35.5. The zero-order chi connectivity index (χ0) is 14.9. The monoisotopic (exact) mass is 312 g/mol. The first-order valence-electron chi connectivity index (χ1n) is 7.34. The number of carbonyl (C=O) groups excluding carboxylic acids is 1. The lowest BCUT2D eigenvalue weighted by atomic mass is 9.83. The highest BCUT2D eigenvalue weighted by Gasteiger charge is 2.39. The van der Waals surface area contributed by atoms with Crippen LogP contribution in [0.15, 0.2) is 12.3 Å². The zero-order valence-electron chi connectivity index (χ0n) is 11.8. The van der Waals surface area contributed by atoms with Crippen LogP contribution in [0.3, 0.4) is 0 Å². The molecule has 0 unspecified atom stereocenters. The fourth-order valence-corrected chi connectivity index (χ4v) is 3.34. The van der Waals surface area contributed by atoms with Crippen LogP contribution in [-0.4, -0.2) is 41.1 Å². The van der Waals surface area contributed by atoms with Crippen LogP contribution in [0.2, 0.25) is 5.15 Å². The van der Waals surface area contributed by atoms with E-state index in [0.29, 0.717) is 19.7 Å². The Morgan fingerprint density at radius 1 is 1.38 bits per heavy atom. The quantitative estimate of drug-likeness (QED) is 0.749. The van der Waals surface area contributed by atoms with Crippen LogP contribution < -0.4 is 0 Å². The van der Waals surface area contributed by atoms with Gasteiger partial charge >= 0.3 is 0 Å². The van der Waals surface area contributed by atoms with E-state index in [4.69, 9.17) is 16.3 Å². The molecule has 2 heterocycles. The van der Waals surface area contributed by atoms with E-state index < -0.39 is 5.82 Å². The summed E-state index contributed by atoms with van der Waals surface area (Å²) in [6.45, 7) is 1.65. The van der Waals surface area contributed by atoms with Crippen LogP contribution in [0.5, 0.6) is 0 Å². The lowest BCUT2D eigenvalue weighted by molar-refractivity contribution is -0.117. The molecular weight excluding hydrogens is 295 g/mol. The lowest BCUT2D eigenvalue weighted by Crippen LogP contribution is -2.54. The molecule has 3 rings (SSSR count). The van der Waals surface area contributed by atoms with Gasteiger partial charge in [-0.15, -0.1) is 0 Å². The average Bonchev–Trinajstić information content (AvgIpc) is 2.50. The number of nitrogens with zero attached hydrogens (tertiary/aromatic N) is 2. The number of rotatable bonds is 1. The molecule has 0 radical (unpaired) electrons. The van der Waals surface area contributed by atoms with E-state index in [-0.39, 0.29) is 22.2 Å². The highest BCUT2D eigenvalue weighted by molar-refractivity contribution is 6.29. The number of pyridine rings is 1. The van der Waals surface area contributed by atoms with Gasteiger partial charge in [0.25, 0.3) is 5.91 Å². The molecule has 6 heteroatoms. The van der Waals surface area contributed by atoms with Crippen molar-refractivity contribution in [2.24, 2.45) is 0 Å². The van der Waals surface area contributed by atoms with Gasteiger partial charge in [0.2, 0.25) is 0 Å². The molecule has 114 valence electrons. The second-order valence-corrected chi connectivity index (χ2v) is 6.17. The van der Waals surface area contributed by atoms with Crippen molar-refractivity contribution in [3.63, 3.8) is 0 Å². The summed E-state index contributed by atoms with van der Waals surface area (Å²) < 4.78 is 19.4. The summed E-state index contributed by atoms with van der Waals surface area (Å²) in [4.78, 5) is 18.0. The molecule has 1 aliphatic heterocycles. The summed E-state index contributed by atoms with van der Waals surface area (Å²) in [5, 5.41) is -0.211. The molecule has 21 heavy (non-hydrogen) atoms. The Bertz CT molecular complexity index is 541. The SMILES string of the molecule is O=C(c1cnc(Cl)c(F)c1)N1CCOC2(CCCCC2)C1. The first-order chi connectivity index (χ1) is 10.1. The third kappa shape index (κ3) is 3.04. The summed E-state index contributed by atoms with van der Waals surface area (Å²) in [5.41, 5.74) is 0.0367. The van der Waals surface area contributed by atoms with E-state index in [1.807, 2.05) is 0 Å². The van der Waals surface area contributed by atoms with Gasteiger partial charge < -0.3 is 9.64 Å². The second kappa shape index (κ2) is 5.89. The summed E-state index contributed by atoms with van der Waals surface area (Å²) in [7, 11) is 0. The van der Waals surface area contributed by atoms with E-state index in [9.17, 15) is 9.18 Å². The minimum atomic E-state index is -0.664. The predicted octanol–water partition coefficient (Wildman–Crippen LogP) is 3.05. The number of halogens is 2. The number of aromatic nitrogens is 1. The fraction of sp³-hybridized carbons (Fsp3) is 0.600. The van der Waals surface area contributed by atoms with Crippen LogP contribution in [0.4, 0.5) is 4.39 Å². The van der Waals surface area contributed by atoms with Gasteiger partial charge in [-0.25, -0.2) is 9.37 Å². The van der Waals surface area contributed by atoms with Crippen LogP contribution in [0.1, 0.15) is 42.5 Å². The molecule has 0 aromatic carbocycles. The number of hydrogen-bond acceptors (Lipinski definition) is 3. The maximum absolute atomic E-state index is 13.5. The zero-order valence-corrected chi connectivity index (χ0v) is 12.5. The molecule has 1 saturated carbocycles. The Balaban J connectivity index is 1.76. The molecule has 2 fully saturated rings. The molecule has 1 aliphatic carbocycles. The third-order valence-corrected chi connectivity index (χ3v) is 4.62. The molecule has 1 amide bonds. The Hall–Kier alpha value is -1.20. The van der Waals surface area contributed by atoms with Crippen molar-refractivity contribution in [3.8, 4) is 0 Å². The molecule has 0 bridgehead atoms. The minimum absolute atomic E-state index is 0.202. The van der Waals surface area contributed by atoms with Gasteiger partial charge in [0.1, 0.15) is 0 Å². The van der Waals surface area contributed by atoms with Crippen LogP contribution >= 0.6 is 11.6 Å². The normalized spacial score (nSPS) is 21.5. The van der Waals surface area contributed by atoms with Crippen molar-refractivity contribution in [2.45, 2.75) is 37.7 Å². The number of morpholine rings is 1. The molecular formula is C15H18ClFN2O2. The van der Waals surface area contributed by atoms with E-state index >= 15 is 0 Å². The molecule has 0 atom stereocenters. The molecule has 2 aliphatic rings. The van der Waals surface area contributed by atoms with Crippen molar-refractivity contribution in [1.82, 2.24) is 9.88 Å². The van der Waals surface area contributed by atoms with Gasteiger partial charge in [-0.05, 0) is 18.9 Å². The largest absolute Gasteiger partial charge is 0.371 e. The first kappa shape index (κ1) is 14.7. The molecule has 1 spiro atoms. The summed E-state index contributed by atoms with van der Waals surface area (Å²) in [5.74, 6) is -0.866. The van der Waals surface area contributed by atoms with Crippen molar-refractivity contribution in [2.75, 3.05) is 19.7 Å². The Kier molecular flexibility index (Phi) is 4.13.